The summed E-state index contributed by atoms with van der Waals surface area (Å²) in [6.07, 6.45) is -0.819. The fourth-order valence-corrected chi connectivity index (χ4v) is 3.57. The molecule has 0 saturated heterocycles. The van der Waals surface area contributed by atoms with Gasteiger partial charge in [0.1, 0.15) is 23.6 Å². The van der Waals surface area contributed by atoms with Crippen LogP contribution in [0.4, 0.5) is 10.2 Å². The van der Waals surface area contributed by atoms with Crippen LogP contribution in [-0.4, -0.2) is 32.4 Å². The maximum absolute atomic E-state index is 14.7. The van der Waals surface area contributed by atoms with Gasteiger partial charge in [0, 0.05) is 4.57 Å². The lowest BCUT2D eigenvalue weighted by Crippen LogP contribution is -2.38. The first kappa shape index (κ1) is 19.7. The summed E-state index contributed by atoms with van der Waals surface area (Å²) in [4.78, 5) is 3.84. The van der Waals surface area contributed by atoms with Gasteiger partial charge in [0.15, 0.2) is 35.9 Å². The first-order valence-corrected chi connectivity index (χ1v) is 9.64. The number of hydrogen-bond acceptors (Lipinski definition) is 9. The van der Waals surface area contributed by atoms with Gasteiger partial charge in [0.2, 0.25) is 0 Å². The molecule has 152 valence electrons. The number of hydrogen-bond donors (Lipinski definition) is 2. The Balaban J connectivity index is 1.55. The summed E-state index contributed by atoms with van der Waals surface area (Å²) in [7, 11) is -2.66. The number of aliphatic hydroxyl groups excluding tert-OH is 1. The van der Waals surface area contributed by atoms with Crippen LogP contribution in [0.15, 0.2) is 60.4 Å². The number of fused-ring (bicyclic) bond motifs is 1. The minimum atomic E-state index is -2.66. The van der Waals surface area contributed by atoms with Gasteiger partial charge in [-0.3, -0.25) is 0 Å². The Hall–Kier alpha value is -3.58. The molecular formula is C18H14FN5O5P+. The Morgan fingerprint density at radius 3 is 2.87 bits per heavy atom. The summed E-state index contributed by atoms with van der Waals surface area (Å²) in [5.74, 6) is -1.19. The van der Waals surface area contributed by atoms with E-state index in [9.17, 15) is 19.3 Å². The van der Waals surface area contributed by atoms with Gasteiger partial charge in [0.25, 0.3) is 5.60 Å². The fourth-order valence-electron chi connectivity index (χ4n) is 3.00. The van der Waals surface area contributed by atoms with E-state index in [1.807, 2.05) is 0 Å². The van der Waals surface area contributed by atoms with Crippen LogP contribution >= 0.6 is 8.25 Å². The molecule has 0 saturated carbocycles. The van der Waals surface area contributed by atoms with E-state index in [1.54, 1.807) is 36.4 Å². The molecule has 1 aliphatic heterocycles. The zero-order valence-electron chi connectivity index (χ0n) is 15.2. The van der Waals surface area contributed by atoms with Crippen LogP contribution in [0.2, 0.25) is 0 Å². The van der Waals surface area contributed by atoms with Gasteiger partial charge in [-0.1, -0.05) is 18.2 Å². The SMILES string of the molecule is N#C[C@@]1(c2ccc3c(N)ncnn23)OC(CO[P+](=O)Oc2ccccc2)=C(F)[C@H]1O. The molecule has 0 aliphatic carbocycles. The number of nitrogens with two attached hydrogens (primary N) is 1. The number of aliphatic hydroxyl groups is 1. The van der Waals surface area contributed by atoms with Crippen LogP contribution in [0.25, 0.3) is 5.52 Å². The molecule has 3 atom stereocenters. The van der Waals surface area contributed by atoms with Crippen molar-refractivity contribution in [3.63, 3.8) is 0 Å². The predicted molar refractivity (Wildman–Crippen MR) is 101 cm³/mol. The summed E-state index contributed by atoms with van der Waals surface area (Å²) in [6.45, 7) is -0.630. The lowest BCUT2D eigenvalue weighted by atomic mass is 9.95. The standard InChI is InChI=1S/C18H14FN5O5P/c19-15-13(8-27-30(26)29-11-4-2-1-3-5-11)28-18(9-20,16(15)25)14-7-6-12-17(21)22-10-23-24(12)14/h1-7,10,16,25H,8H2,(H2,21,22,23)/q+1/t16-,18+/m1/s1. The smallest absolute Gasteiger partial charge is 0.462 e. The van der Waals surface area contributed by atoms with Gasteiger partial charge in [-0.05, 0) is 24.3 Å². The summed E-state index contributed by atoms with van der Waals surface area (Å²) < 4.78 is 43.4. The lowest BCUT2D eigenvalue weighted by molar-refractivity contribution is -0.0235. The number of rotatable bonds is 6. The largest absolute Gasteiger partial charge is 0.750 e. The van der Waals surface area contributed by atoms with Gasteiger partial charge in [0.05, 0.1) is 0 Å². The molecule has 0 bridgehead atoms. The highest BCUT2D eigenvalue weighted by atomic mass is 31.1. The molecule has 0 spiro atoms. The van der Waals surface area contributed by atoms with E-state index in [0.717, 1.165) is 6.33 Å². The molecule has 1 unspecified atom stereocenters. The molecule has 3 aromatic rings. The third kappa shape index (κ3) is 3.23. The molecule has 4 rings (SSSR count). The Bertz CT molecular complexity index is 1190. The second kappa shape index (κ2) is 7.68. The molecule has 30 heavy (non-hydrogen) atoms. The maximum Gasteiger partial charge on any atom is 0.750 e. The van der Waals surface area contributed by atoms with E-state index >= 15 is 0 Å². The van der Waals surface area contributed by atoms with Crippen LogP contribution in [0.1, 0.15) is 5.69 Å². The Morgan fingerprint density at radius 1 is 1.37 bits per heavy atom. The average molecular weight is 430 g/mol. The van der Waals surface area contributed by atoms with Gasteiger partial charge in [-0.15, -0.1) is 4.52 Å². The average Bonchev–Trinajstić information content (AvgIpc) is 3.29. The number of anilines is 1. The van der Waals surface area contributed by atoms with E-state index in [4.69, 9.17) is 19.5 Å². The highest BCUT2D eigenvalue weighted by Gasteiger charge is 2.54. The number of nitrogens with zero attached hydrogens (tertiary/aromatic N) is 4. The highest BCUT2D eigenvalue weighted by molar-refractivity contribution is 7.33. The normalized spacial score (nSPS) is 21.4. The molecule has 1 aromatic carbocycles. The van der Waals surface area contributed by atoms with E-state index in [0.29, 0.717) is 11.3 Å². The summed E-state index contributed by atoms with van der Waals surface area (Å²) in [5, 5.41) is 24.2. The zero-order chi connectivity index (χ0) is 21.3. The Kier molecular flexibility index (Phi) is 5.05. The minimum Gasteiger partial charge on any atom is -0.462 e. The van der Waals surface area contributed by atoms with E-state index in [-0.39, 0.29) is 11.5 Å². The quantitative estimate of drug-likeness (QED) is 0.563. The number of ether oxygens (including phenoxy) is 1. The highest BCUT2D eigenvalue weighted by Crippen LogP contribution is 2.43. The molecule has 12 heteroatoms. The van der Waals surface area contributed by atoms with Crippen molar-refractivity contribution < 1.29 is 27.8 Å². The number of nitriles is 1. The maximum atomic E-state index is 14.7. The molecular weight excluding hydrogens is 416 g/mol. The number of para-hydroxylation sites is 1. The summed E-state index contributed by atoms with van der Waals surface area (Å²) in [5.41, 5.74) is 4.01. The van der Waals surface area contributed by atoms with Gasteiger partial charge >= 0.3 is 8.25 Å². The monoisotopic (exact) mass is 430 g/mol. The van der Waals surface area contributed by atoms with Crippen LogP contribution in [-0.2, 0) is 19.4 Å². The zero-order valence-corrected chi connectivity index (χ0v) is 16.1. The van der Waals surface area contributed by atoms with Crippen LogP contribution in [0, 0.1) is 11.3 Å². The molecule has 0 fully saturated rings. The van der Waals surface area contributed by atoms with Crippen LogP contribution in [0.3, 0.4) is 0 Å². The molecule has 0 amide bonds. The first-order chi connectivity index (χ1) is 14.5. The van der Waals surface area contributed by atoms with E-state index in [2.05, 4.69) is 10.1 Å². The van der Waals surface area contributed by atoms with Crippen molar-refractivity contribution in [3.05, 3.63) is 66.1 Å². The van der Waals surface area contributed by atoms with Crippen molar-refractivity contribution in [1.29, 1.82) is 5.26 Å². The summed E-state index contributed by atoms with van der Waals surface area (Å²) >= 11 is 0. The topological polar surface area (TPSA) is 145 Å². The number of aromatic nitrogens is 3. The van der Waals surface area contributed by atoms with Gasteiger partial charge in [-0.25, -0.2) is 18.4 Å². The molecule has 2 aromatic heterocycles. The molecule has 1 aliphatic rings. The van der Waals surface area contributed by atoms with Crippen molar-refractivity contribution in [1.82, 2.24) is 14.6 Å². The van der Waals surface area contributed by atoms with Gasteiger partial charge < -0.3 is 15.6 Å². The molecule has 3 heterocycles. The van der Waals surface area contributed by atoms with Crippen LogP contribution < -0.4 is 10.3 Å². The summed E-state index contributed by atoms with van der Waals surface area (Å²) in [6, 6.07) is 13.0. The van der Waals surface area contributed by atoms with Crippen LogP contribution in [0.5, 0.6) is 5.75 Å². The number of benzene rings is 1. The first-order valence-electron chi connectivity index (χ1n) is 8.55. The van der Waals surface area contributed by atoms with Crippen molar-refractivity contribution in [2.24, 2.45) is 0 Å². The second-order valence-corrected chi connectivity index (χ2v) is 7.07. The predicted octanol–water partition coefficient (Wildman–Crippen LogP) is 2.36. The second-order valence-electron chi connectivity index (χ2n) is 6.19. The Labute approximate surface area is 169 Å². The number of halogens is 1. The van der Waals surface area contributed by atoms with Gasteiger partial charge in [-0.2, -0.15) is 10.4 Å². The lowest BCUT2D eigenvalue weighted by Gasteiger charge is -2.24. The van der Waals surface area contributed by atoms with Crippen molar-refractivity contribution in [3.8, 4) is 11.8 Å². The van der Waals surface area contributed by atoms with Crippen molar-refractivity contribution in [2.45, 2.75) is 11.7 Å². The van der Waals surface area contributed by atoms with Crippen molar-refractivity contribution in [2.75, 3.05) is 12.3 Å². The molecule has 10 nitrogen and oxygen atoms in total. The number of nitrogen functional groups attached to an aromatic ring is 1. The van der Waals surface area contributed by atoms with Crippen molar-refractivity contribution >= 4 is 19.6 Å². The molecule has 3 N–H and O–H groups in total. The minimum absolute atomic E-state index is 0.0386. The third-order valence-electron chi connectivity index (χ3n) is 4.43. The Morgan fingerprint density at radius 2 is 2.13 bits per heavy atom. The third-order valence-corrected chi connectivity index (χ3v) is 5.13. The fraction of sp³-hybridized carbons (Fsp3) is 0.167. The molecule has 0 radical (unpaired) electrons. The van der Waals surface area contributed by atoms with E-state index in [1.165, 1.54) is 16.6 Å². The van der Waals surface area contributed by atoms with E-state index < -0.39 is 38.2 Å².